The minimum atomic E-state index is -1.87. The van der Waals surface area contributed by atoms with E-state index in [1.807, 2.05) is 0 Å². The molecular formula is C5H6Cl3NO2. The van der Waals surface area contributed by atoms with Crippen LogP contribution in [0.4, 0.5) is 0 Å². The number of amides is 1. The van der Waals surface area contributed by atoms with Gasteiger partial charge in [-0.2, -0.15) is 0 Å². The van der Waals surface area contributed by atoms with Crippen LogP contribution in [0.3, 0.4) is 0 Å². The van der Waals surface area contributed by atoms with Gasteiger partial charge in [-0.05, 0) is 0 Å². The summed E-state index contributed by atoms with van der Waals surface area (Å²) in [6.07, 6.45) is 0.103. The van der Waals surface area contributed by atoms with Crippen LogP contribution in [0.5, 0.6) is 0 Å². The van der Waals surface area contributed by atoms with Crippen molar-refractivity contribution in [2.75, 3.05) is 13.2 Å². The Morgan fingerprint density at radius 1 is 1.64 bits per heavy atom. The van der Waals surface area contributed by atoms with Crippen LogP contribution in [0, 0.1) is 0 Å². The topological polar surface area (TPSA) is 41.6 Å². The van der Waals surface area contributed by atoms with Crippen molar-refractivity contribution in [1.29, 1.82) is 0 Å². The summed E-state index contributed by atoms with van der Waals surface area (Å²) in [5.41, 5.74) is 0. The average molecular weight is 218 g/mol. The first kappa shape index (κ1) is 9.39. The number of ether oxygens (including phenoxy) is 1. The fourth-order valence-electron chi connectivity index (χ4n) is 0.493. The van der Waals surface area contributed by atoms with Crippen LogP contribution in [0.2, 0.25) is 0 Å². The molecule has 0 spiro atoms. The summed E-state index contributed by atoms with van der Waals surface area (Å²) in [7, 11) is 0. The molecule has 0 aromatic carbocycles. The predicted octanol–water partition coefficient (Wildman–Crippen LogP) is 0.872. The van der Waals surface area contributed by atoms with Gasteiger partial charge in [0.2, 0.25) is 0 Å². The van der Waals surface area contributed by atoms with Gasteiger partial charge in [-0.15, -0.1) is 0 Å². The van der Waals surface area contributed by atoms with Crippen LogP contribution in [-0.2, 0) is 9.53 Å². The van der Waals surface area contributed by atoms with Gasteiger partial charge in [-0.1, -0.05) is 34.8 Å². The number of rotatable bonds is 2. The van der Waals surface area contributed by atoms with Crippen molar-refractivity contribution < 1.29 is 9.53 Å². The third-order valence-electron chi connectivity index (χ3n) is 1.15. The Morgan fingerprint density at radius 3 is 2.55 bits per heavy atom. The maximum absolute atomic E-state index is 10.8. The van der Waals surface area contributed by atoms with E-state index in [-0.39, 0.29) is 6.10 Å². The zero-order chi connectivity index (χ0) is 8.48. The monoisotopic (exact) mass is 217 g/mol. The minimum Gasteiger partial charge on any atom is -0.371 e. The van der Waals surface area contributed by atoms with Gasteiger partial charge in [-0.3, -0.25) is 4.79 Å². The molecule has 11 heavy (non-hydrogen) atoms. The number of halogens is 3. The molecule has 1 aliphatic heterocycles. The molecule has 0 saturated carbocycles. The highest BCUT2D eigenvalue weighted by Gasteiger charge is 2.32. The standard InChI is InChI=1S/C5H6Cl3NO2/c6-5(7,8)4(10)9-1-3-2-11-3/h3H,1-2H2,(H,9,10)/t3-/m1/s1. The van der Waals surface area contributed by atoms with Crippen molar-refractivity contribution in [3.05, 3.63) is 0 Å². The van der Waals surface area contributed by atoms with Gasteiger partial charge in [0.05, 0.1) is 12.7 Å². The second kappa shape index (κ2) is 3.35. The first-order valence-corrected chi connectivity index (χ1v) is 4.10. The van der Waals surface area contributed by atoms with E-state index >= 15 is 0 Å². The zero-order valence-corrected chi connectivity index (χ0v) is 7.71. The molecule has 1 atom stereocenters. The molecule has 0 radical (unpaired) electrons. The second-order valence-electron chi connectivity index (χ2n) is 2.16. The minimum absolute atomic E-state index is 0.103. The molecule has 6 heteroatoms. The number of carbonyl (C=O) groups is 1. The van der Waals surface area contributed by atoms with E-state index < -0.39 is 9.70 Å². The van der Waals surface area contributed by atoms with E-state index in [2.05, 4.69) is 5.32 Å². The van der Waals surface area contributed by atoms with E-state index in [0.717, 1.165) is 0 Å². The maximum Gasteiger partial charge on any atom is 0.272 e. The first-order valence-electron chi connectivity index (χ1n) is 2.97. The molecule has 1 saturated heterocycles. The Hall–Kier alpha value is 0.300. The van der Waals surface area contributed by atoms with E-state index in [1.165, 1.54) is 0 Å². The molecule has 1 rings (SSSR count). The normalized spacial score (nSPS) is 23.0. The van der Waals surface area contributed by atoms with Crippen LogP contribution < -0.4 is 5.32 Å². The molecule has 1 fully saturated rings. The lowest BCUT2D eigenvalue weighted by Gasteiger charge is -2.09. The van der Waals surface area contributed by atoms with Crippen LogP contribution in [0.1, 0.15) is 0 Å². The van der Waals surface area contributed by atoms with E-state index in [9.17, 15) is 4.79 Å². The smallest absolute Gasteiger partial charge is 0.272 e. The highest BCUT2D eigenvalue weighted by atomic mass is 35.6. The Balaban J connectivity index is 2.19. The van der Waals surface area contributed by atoms with E-state index in [1.54, 1.807) is 0 Å². The van der Waals surface area contributed by atoms with E-state index in [0.29, 0.717) is 13.2 Å². The second-order valence-corrected chi connectivity index (χ2v) is 4.44. The molecule has 0 unspecified atom stereocenters. The van der Waals surface area contributed by atoms with Crippen molar-refractivity contribution in [2.24, 2.45) is 0 Å². The number of nitrogens with one attached hydrogen (secondary N) is 1. The third kappa shape index (κ3) is 3.47. The van der Waals surface area contributed by atoms with Crippen LogP contribution in [-0.4, -0.2) is 29.0 Å². The number of carbonyl (C=O) groups excluding carboxylic acids is 1. The van der Waals surface area contributed by atoms with Crippen LogP contribution >= 0.6 is 34.8 Å². The van der Waals surface area contributed by atoms with Gasteiger partial charge < -0.3 is 10.1 Å². The van der Waals surface area contributed by atoms with Gasteiger partial charge in [0.1, 0.15) is 0 Å². The first-order chi connectivity index (χ1) is 5.00. The molecule has 1 heterocycles. The molecule has 0 aliphatic carbocycles. The third-order valence-corrected chi connectivity index (χ3v) is 1.67. The molecule has 1 N–H and O–H groups in total. The van der Waals surface area contributed by atoms with Crippen molar-refractivity contribution in [3.63, 3.8) is 0 Å². The summed E-state index contributed by atoms with van der Waals surface area (Å²) >= 11 is 15.8. The van der Waals surface area contributed by atoms with Crippen LogP contribution in [0.15, 0.2) is 0 Å². The fraction of sp³-hybridized carbons (Fsp3) is 0.800. The van der Waals surface area contributed by atoms with Crippen molar-refractivity contribution in [2.45, 2.75) is 9.90 Å². The Labute approximate surface area is 78.9 Å². The number of alkyl halides is 3. The lowest BCUT2D eigenvalue weighted by Crippen LogP contribution is -2.36. The van der Waals surface area contributed by atoms with Gasteiger partial charge in [0, 0.05) is 6.54 Å². The summed E-state index contributed by atoms with van der Waals surface area (Å²) in [5, 5.41) is 2.42. The maximum atomic E-state index is 10.8. The summed E-state index contributed by atoms with van der Waals surface area (Å²) in [4.78, 5) is 10.8. The summed E-state index contributed by atoms with van der Waals surface area (Å²) in [6.45, 7) is 1.08. The molecule has 0 aromatic rings. The van der Waals surface area contributed by atoms with Crippen LogP contribution in [0.25, 0.3) is 0 Å². The zero-order valence-electron chi connectivity index (χ0n) is 5.44. The Bertz CT molecular complexity index is 164. The molecule has 0 bridgehead atoms. The molecule has 1 aliphatic rings. The van der Waals surface area contributed by atoms with Gasteiger partial charge >= 0.3 is 0 Å². The average Bonchev–Trinajstić information content (AvgIpc) is 2.62. The Morgan fingerprint density at radius 2 is 2.18 bits per heavy atom. The van der Waals surface area contributed by atoms with Crippen molar-refractivity contribution >= 4 is 40.7 Å². The fourth-order valence-corrected chi connectivity index (χ4v) is 0.693. The van der Waals surface area contributed by atoms with Gasteiger partial charge in [0.25, 0.3) is 9.70 Å². The molecular weight excluding hydrogens is 212 g/mol. The summed E-state index contributed by atoms with van der Waals surface area (Å²) < 4.78 is 2.96. The number of hydrogen-bond acceptors (Lipinski definition) is 2. The number of hydrogen-bond donors (Lipinski definition) is 1. The van der Waals surface area contributed by atoms with Gasteiger partial charge in [0.15, 0.2) is 0 Å². The van der Waals surface area contributed by atoms with Crippen molar-refractivity contribution in [1.82, 2.24) is 5.32 Å². The highest BCUT2D eigenvalue weighted by molar-refractivity contribution is 6.76. The Kier molecular flexibility index (Phi) is 2.86. The van der Waals surface area contributed by atoms with Crippen molar-refractivity contribution in [3.8, 4) is 0 Å². The molecule has 3 nitrogen and oxygen atoms in total. The lowest BCUT2D eigenvalue weighted by atomic mass is 10.5. The highest BCUT2D eigenvalue weighted by Crippen LogP contribution is 2.25. The SMILES string of the molecule is O=C(NC[C@@H]1CO1)C(Cl)(Cl)Cl. The number of epoxide rings is 1. The quantitative estimate of drug-likeness (QED) is 0.552. The predicted molar refractivity (Wildman–Crippen MR) is 43.0 cm³/mol. The molecule has 0 aromatic heterocycles. The lowest BCUT2D eigenvalue weighted by molar-refractivity contribution is -0.120. The summed E-state index contributed by atoms with van der Waals surface area (Å²) in [5.74, 6) is -0.613. The molecule has 64 valence electrons. The summed E-state index contributed by atoms with van der Waals surface area (Å²) in [6, 6.07) is 0. The largest absolute Gasteiger partial charge is 0.371 e. The van der Waals surface area contributed by atoms with E-state index in [4.69, 9.17) is 39.5 Å². The molecule has 1 amide bonds. The van der Waals surface area contributed by atoms with Gasteiger partial charge in [-0.25, -0.2) is 0 Å².